The van der Waals surface area contributed by atoms with Crippen molar-refractivity contribution in [1.82, 2.24) is 20.2 Å². The summed E-state index contributed by atoms with van der Waals surface area (Å²) in [5, 5.41) is 26.7. The topological polar surface area (TPSA) is 253 Å². The molecule has 41 heavy (non-hydrogen) atoms. The standard InChI is InChI=1S/C22H27N9O7S3/c1-2-3-30-12(24)4-11(23)27-21(30)41-9-22(19(36)37)7-31-17(35)15(18(31)40-8-22)28-16(34)14(29-38-5-13(32)33)10-6-39-20(25)26-10/h4,6,15,18H,2-3,5,7-9H2,1H3,(H8,23,24,25,26,28,32,33,34,36,37)/p+1/t15?,18-,22?/m1/s1. The van der Waals surface area contributed by atoms with Crippen LogP contribution in [0.2, 0.25) is 0 Å². The van der Waals surface area contributed by atoms with Crippen LogP contribution in [-0.4, -0.2) is 90.6 Å². The Bertz CT molecular complexity index is 1400. The Hall–Kier alpha value is -3.84. The molecule has 4 rings (SSSR count). The summed E-state index contributed by atoms with van der Waals surface area (Å²) >= 11 is 3.47. The van der Waals surface area contributed by atoms with Gasteiger partial charge in [-0.2, -0.15) is 0 Å². The summed E-state index contributed by atoms with van der Waals surface area (Å²) in [7, 11) is 0. The molecule has 19 heteroatoms. The maximum Gasteiger partial charge on any atom is 0.344 e. The number of hydrogen-bond acceptors (Lipinski definition) is 14. The van der Waals surface area contributed by atoms with Crippen molar-refractivity contribution in [1.29, 1.82) is 0 Å². The number of oxime groups is 1. The van der Waals surface area contributed by atoms with E-state index in [1.807, 2.05) is 6.92 Å². The number of thiazole rings is 1. The van der Waals surface area contributed by atoms with Crippen molar-refractivity contribution in [3.8, 4) is 0 Å². The maximum absolute atomic E-state index is 13.1. The van der Waals surface area contributed by atoms with Gasteiger partial charge in [0.05, 0.1) is 12.6 Å². The molecule has 2 fully saturated rings. The van der Waals surface area contributed by atoms with Crippen LogP contribution in [0.15, 0.2) is 21.8 Å². The molecule has 2 aliphatic rings. The van der Waals surface area contributed by atoms with Crippen LogP contribution in [0.4, 0.5) is 16.8 Å². The number of rotatable bonds is 12. The molecule has 2 saturated heterocycles. The van der Waals surface area contributed by atoms with E-state index in [1.165, 1.54) is 33.8 Å². The van der Waals surface area contributed by atoms with Gasteiger partial charge in [0.2, 0.25) is 24.1 Å². The summed E-state index contributed by atoms with van der Waals surface area (Å²) in [4.78, 5) is 63.8. The summed E-state index contributed by atoms with van der Waals surface area (Å²) < 4.78 is 1.77. The van der Waals surface area contributed by atoms with E-state index >= 15 is 0 Å². The van der Waals surface area contributed by atoms with E-state index < -0.39 is 47.2 Å². The number of aromatic nitrogens is 3. The minimum absolute atomic E-state index is 0.0494. The highest BCUT2D eigenvalue weighted by atomic mass is 32.2. The maximum atomic E-state index is 13.1. The third-order valence-corrected chi connectivity index (χ3v) is 9.72. The summed E-state index contributed by atoms with van der Waals surface area (Å²) in [5.74, 6) is -2.77. The van der Waals surface area contributed by atoms with E-state index in [-0.39, 0.29) is 40.4 Å². The number of anilines is 3. The number of carbonyl (C=O) groups excluding carboxylic acids is 2. The third kappa shape index (κ3) is 6.41. The number of carbonyl (C=O) groups is 4. The van der Waals surface area contributed by atoms with Gasteiger partial charge in [0, 0.05) is 23.4 Å². The highest BCUT2D eigenvalue weighted by Crippen LogP contribution is 2.44. The number of thioether (sulfide) groups is 2. The average Bonchev–Trinajstić information content (AvgIpc) is 3.35. The number of β-lactam (4-membered cyclic amide) rings is 1. The molecule has 4 heterocycles. The van der Waals surface area contributed by atoms with Crippen molar-refractivity contribution in [2.45, 2.75) is 36.5 Å². The molecule has 0 saturated carbocycles. The van der Waals surface area contributed by atoms with Gasteiger partial charge in [-0.05, 0) is 6.42 Å². The highest BCUT2D eigenvalue weighted by Gasteiger charge is 2.57. The molecule has 2 amide bonds. The van der Waals surface area contributed by atoms with Crippen molar-refractivity contribution in [3.05, 3.63) is 17.1 Å². The molecule has 0 aliphatic carbocycles. The number of nitrogens with zero attached hydrogens (tertiary/aromatic N) is 5. The zero-order valence-corrected chi connectivity index (χ0v) is 24.1. The second-order valence-electron chi connectivity index (χ2n) is 9.21. The number of amides is 2. The number of hydrogen-bond donors (Lipinski definition) is 6. The van der Waals surface area contributed by atoms with Gasteiger partial charge in [-0.25, -0.2) is 14.3 Å². The fourth-order valence-corrected chi connectivity index (χ4v) is 7.64. The van der Waals surface area contributed by atoms with Crippen LogP contribution in [0.3, 0.4) is 0 Å². The first-order valence-electron chi connectivity index (χ1n) is 12.1. The molecule has 3 atom stereocenters. The van der Waals surface area contributed by atoms with E-state index in [0.29, 0.717) is 17.5 Å². The largest absolute Gasteiger partial charge is 0.481 e. The number of nitrogen functional groups attached to an aromatic ring is 3. The molecule has 220 valence electrons. The zero-order chi connectivity index (χ0) is 29.9. The van der Waals surface area contributed by atoms with Crippen LogP contribution < -0.4 is 27.1 Å². The molecule has 2 aromatic rings. The van der Waals surface area contributed by atoms with Gasteiger partial charge in [0.15, 0.2) is 10.8 Å². The van der Waals surface area contributed by atoms with Crippen molar-refractivity contribution >= 4 is 81.1 Å². The van der Waals surface area contributed by atoms with Gasteiger partial charge in [0.1, 0.15) is 22.5 Å². The van der Waals surface area contributed by atoms with Crippen LogP contribution >= 0.6 is 34.9 Å². The molecule has 0 radical (unpaired) electrons. The molecule has 9 N–H and O–H groups in total. The Morgan fingerprint density at radius 2 is 2.07 bits per heavy atom. The Kier molecular flexibility index (Phi) is 9.08. The second-order valence-corrected chi connectivity index (χ2v) is 12.1. The van der Waals surface area contributed by atoms with Crippen LogP contribution in [0.5, 0.6) is 0 Å². The Morgan fingerprint density at radius 1 is 1.32 bits per heavy atom. The van der Waals surface area contributed by atoms with Crippen LogP contribution in [0.1, 0.15) is 19.0 Å². The minimum atomic E-state index is -1.30. The van der Waals surface area contributed by atoms with Crippen molar-refractivity contribution < 1.29 is 38.8 Å². The van der Waals surface area contributed by atoms with Crippen molar-refractivity contribution in [3.63, 3.8) is 0 Å². The lowest BCUT2D eigenvalue weighted by Crippen LogP contribution is -2.74. The molecule has 16 nitrogen and oxygen atoms in total. The number of carboxylic acids is 2. The smallest absolute Gasteiger partial charge is 0.344 e. The SMILES string of the molecule is CCC[n+]1c(N)cc(N)nc1SCC1(C(=O)O)CS[C@@H]2C(NC(=O)C(=NOCC(=O)O)c3csc(N)n3)C(=O)N2C1. The van der Waals surface area contributed by atoms with Crippen LogP contribution in [-0.2, 0) is 30.6 Å². The van der Waals surface area contributed by atoms with E-state index in [2.05, 4.69) is 20.4 Å². The summed E-state index contributed by atoms with van der Waals surface area (Å²) in [6, 6.07) is 0.577. The van der Waals surface area contributed by atoms with Crippen LogP contribution in [0.25, 0.3) is 0 Å². The Balaban J connectivity index is 1.46. The van der Waals surface area contributed by atoms with Gasteiger partial charge in [0.25, 0.3) is 5.91 Å². The molecule has 0 spiro atoms. The number of nitrogens with one attached hydrogen (secondary N) is 1. The molecule has 2 aliphatic heterocycles. The number of fused-ring (bicyclic) bond motifs is 1. The van der Waals surface area contributed by atoms with E-state index in [1.54, 1.807) is 10.6 Å². The monoisotopic (exact) mass is 626 g/mol. The first kappa shape index (κ1) is 30.1. The fourth-order valence-electron chi connectivity index (χ4n) is 4.17. The van der Waals surface area contributed by atoms with Gasteiger partial charge in [-0.15, -0.1) is 23.1 Å². The van der Waals surface area contributed by atoms with E-state index in [9.17, 15) is 24.3 Å². The third-order valence-electron chi connectivity index (χ3n) is 6.20. The van der Waals surface area contributed by atoms with E-state index in [4.69, 9.17) is 27.1 Å². The fraction of sp³-hybridized carbons (Fsp3) is 0.455. The molecule has 0 aromatic carbocycles. The number of aliphatic carboxylic acids is 2. The van der Waals surface area contributed by atoms with Crippen LogP contribution in [0, 0.1) is 5.41 Å². The summed E-state index contributed by atoms with van der Waals surface area (Å²) in [6.45, 7) is 1.68. The van der Waals surface area contributed by atoms with Gasteiger partial charge >= 0.3 is 17.1 Å². The first-order chi connectivity index (χ1) is 19.5. The minimum Gasteiger partial charge on any atom is -0.481 e. The lowest BCUT2D eigenvalue weighted by Gasteiger charge is -2.53. The average molecular weight is 627 g/mol. The summed E-state index contributed by atoms with van der Waals surface area (Å²) in [5.41, 5.74) is 16.0. The highest BCUT2D eigenvalue weighted by molar-refractivity contribution is 8.00. The summed E-state index contributed by atoms with van der Waals surface area (Å²) in [6.07, 6.45) is 0.777. The Labute approximate surface area is 245 Å². The number of nitrogens with two attached hydrogens (primary N) is 3. The Morgan fingerprint density at radius 3 is 2.71 bits per heavy atom. The zero-order valence-electron chi connectivity index (χ0n) is 21.7. The van der Waals surface area contributed by atoms with Crippen molar-refractivity contribution in [2.75, 3.05) is 41.9 Å². The van der Waals surface area contributed by atoms with Gasteiger partial charge < -0.3 is 42.5 Å². The normalized spacial score (nSPS) is 22.0. The number of carboxylic acid groups (broad SMARTS) is 2. The van der Waals surface area contributed by atoms with Gasteiger partial charge in [-0.1, -0.05) is 28.8 Å². The predicted molar refractivity (Wildman–Crippen MR) is 151 cm³/mol. The lowest BCUT2D eigenvalue weighted by atomic mass is 9.89. The predicted octanol–water partition coefficient (Wildman–Crippen LogP) is -0.949. The van der Waals surface area contributed by atoms with E-state index in [0.717, 1.165) is 17.8 Å². The first-order valence-corrected chi connectivity index (χ1v) is 15.0. The quantitative estimate of drug-likeness (QED) is 0.0415. The molecule has 2 unspecified atom stereocenters. The molecule has 0 bridgehead atoms. The molecular weight excluding hydrogens is 598 g/mol. The van der Waals surface area contributed by atoms with Gasteiger partial charge in [-0.3, -0.25) is 14.4 Å². The second kappa shape index (κ2) is 12.4. The molecule has 2 aromatic heterocycles. The lowest BCUT2D eigenvalue weighted by molar-refractivity contribution is -0.723. The van der Waals surface area contributed by atoms with Crippen molar-refractivity contribution in [2.24, 2.45) is 10.6 Å². The molecular formula is C22H28N9O7S3+.